The largest absolute Gasteiger partial charge is 0.312 e. The second-order valence-corrected chi connectivity index (χ2v) is 7.12. The number of rotatable bonds is 4. The lowest BCUT2D eigenvalue weighted by atomic mass is 9.82. The summed E-state index contributed by atoms with van der Waals surface area (Å²) in [5.74, 6) is 2.00. The molecule has 2 nitrogen and oxygen atoms in total. The summed E-state index contributed by atoms with van der Waals surface area (Å²) < 4.78 is 0. The van der Waals surface area contributed by atoms with Crippen LogP contribution in [0.15, 0.2) is 0 Å². The van der Waals surface area contributed by atoms with E-state index < -0.39 is 0 Å². The molecule has 0 aromatic rings. The normalized spacial score (nSPS) is 33.0. The van der Waals surface area contributed by atoms with Crippen LogP contribution < -0.4 is 5.32 Å². The Bertz CT molecular complexity index is 268. The third-order valence-electron chi connectivity index (χ3n) is 5.73. The first-order valence-corrected chi connectivity index (χ1v) is 8.86. The molecule has 0 aromatic heterocycles. The Morgan fingerprint density at radius 2 is 1.84 bits per heavy atom. The van der Waals surface area contributed by atoms with Gasteiger partial charge in [-0.1, -0.05) is 26.2 Å². The Hall–Kier alpha value is -0.0800. The fraction of sp³-hybridized carbons (Fsp3) is 1.00. The predicted molar refractivity (Wildman–Crippen MR) is 81.4 cm³/mol. The van der Waals surface area contributed by atoms with E-state index >= 15 is 0 Å². The second-order valence-electron chi connectivity index (χ2n) is 7.12. The molecule has 2 unspecified atom stereocenters. The van der Waals surface area contributed by atoms with Gasteiger partial charge >= 0.3 is 0 Å². The molecule has 1 N–H and O–H groups in total. The molecule has 0 spiro atoms. The van der Waals surface area contributed by atoms with Crippen LogP contribution in [0.3, 0.4) is 0 Å². The van der Waals surface area contributed by atoms with E-state index in [2.05, 4.69) is 17.1 Å². The van der Waals surface area contributed by atoms with Crippen LogP contribution in [0.5, 0.6) is 0 Å². The van der Waals surface area contributed by atoms with Crippen molar-refractivity contribution < 1.29 is 0 Å². The van der Waals surface area contributed by atoms with Gasteiger partial charge in [-0.2, -0.15) is 0 Å². The van der Waals surface area contributed by atoms with E-state index in [0.717, 1.165) is 23.9 Å². The van der Waals surface area contributed by atoms with Crippen LogP contribution in [-0.4, -0.2) is 36.6 Å². The molecule has 0 amide bonds. The summed E-state index contributed by atoms with van der Waals surface area (Å²) in [5, 5.41) is 3.81. The van der Waals surface area contributed by atoms with E-state index in [-0.39, 0.29) is 0 Å². The molecule has 0 aromatic carbocycles. The molecule has 3 rings (SSSR count). The van der Waals surface area contributed by atoms with Gasteiger partial charge in [0.15, 0.2) is 0 Å². The molecule has 2 saturated carbocycles. The highest BCUT2D eigenvalue weighted by Gasteiger charge is 2.36. The molecule has 3 aliphatic rings. The zero-order valence-corrected chi connectivity index (χ0v) is 12.7. The number of nitrogens with zero attached hydrogens (tertiary/aromatic N) is 1. The van der Waals surface area contributed by atoms with E-state index in [4.69, 9.17) is 0 Å². The molecule has 3 fully saturated rings. The summed E-state index contributed by atoms with van der Waals surface area (Å²) in [4.78, 5) is 2.87. The van der Waals surface area contributed by atoms with Crippen molar-refractivity contribution in [3.8, 4) is 0 Å². The lowest BCUT2D eigenvalue weighted by Gasteiger charge is -2.39. The minimum absolute atomic E-state index is 0.806. The molecule has 1 aliphatic heterocycles. The monoisotopic (exact) mass is 264 g/mol. The standard InChI is InChI=1S/C17H32N2/c1-2-17(15-7-4-3-5-8-15)19-12-6-11-18-16(13-19)14-9-10-14/h14-18H,2-13H2,1H3. The second kappa shape index (κ2) is 6.58. The van der Waals surface area contributed by atoms with E-state index in [0.29, 0.717) is 0 Å². The highest BCUT2D eigenvalue weighted by molar-refractivity contribution is 4.92. The van der Waals surface area contributed by atoms with Gasteiger partial charge in [0.05, 0.1) is 0 Å². The molecule has 1 saturated heterocycles. The van der Waals surface area contributed by atoms with Gasteiger partial charge in [-0.05, 0) is 63.5 Å². The molecular weight excluding hydrogens is 232 g/mol. The van der Waals surface area contributed by atoms with Crippen LogP contribution in [-0.2, 0) is 0 Å². The van der Waals surface area contributed by atoms with Gasteiger partial charge in [-0.15, -0.1) is 0 Å². The van der Waals surface area contributed by atoms with Crippen LogP contribution in [0, 0.1) is 11.8 Å². The molecule has 0 bridgehead atoms. The van der Waals surface area contributed by atoms with Crippen molar-refractivity contribution in [3.63, 3.8) is 0 Å². The molecule has 2 atom stereocenters. The topological polar surface area (TPSA) is 15.3 Å². The highest BCUT2D eigenvalue weighted by Crippen LogP contribution is 2.36. The molecule has 19 heavy (non-hydrogen) atoms. The predicted octanol–water partition coefficient (Wildman–Crippen LogP) is 3.42. The van der Waals surface area contributed by atoms with Crippen molar-refractivity contribution in [3.05, 3.63) is 0 Å². The smallest absolute Gasteiger partial charge is 0.0223 e. The van der Waals surface area contributed by atoms with Crippen LogP contribution >= 0.6 is 0 Å². The van der Waals surface area contributed by atoms with Gasteiger partial charge in [-0.25, -0.2) is 0 Å². The van der Waals surface area contributed by atoms with E-state index in [1.54, 1.807) is 0 Å². The fourth-order valence-electron chi connectivity index (χ4n) is 4.50. The van der Waals surface area contributed by atoms with Crippen LogP contribution in [0.4, 0.5) is 0 Å². The molecule has 2 heteroatoms. The summed E-state index contributed by atoms with van der Waals surface area (Å²) in [7, 11) is 0. The van der Waals surface area contributed by atoms with Crippen molar-refractivity contribution in [2.45, 2.75) is 76.8 Å². The highest BCUT2D eigenvalue weighted by atomic mass is 15.2. The van der Waals surface area contributed by atoms with Crippen molar-refractivity contribution in [2.75, 3.05) is 19.6 Å². The average molecular weight is 264 g/mol. The van der Waals surface area contributed by atoms with Gasteiger partial charge in [0, 0.05) is 18.6 Å². The van der Waals surface area contributed by atoms with Crippen LogP contribution in [0.1, 0.15) is 64.7 Å². The Morgan fingerprint density at radius 3 is 2.53 bits per heavy atom. The zero-order valence-electron chi connectivity index (χ0n) is 12.7. The molecule has 110 valence electrons. The van der Waals surface area contributed by atoms with Crippen LogP contribution in [0.2, 0.25) is 0 Å². The lowest BCUT2D eigenvalue weighted by Crippen LogP contribution is -2.46. The molecule has 2 aliphatic carbocycles. The Morgan fingerprint density at radius 1 is 1.05 bits per heavy atom. The Balaban J connectivity index is 1.62. The third-order valence-corrected chi connectivity index (χ3v) is 5.73. The van der Waals surface area contributed by atoms with Gasteiger partial charge < -0.3 is 5.32 Å². The first kappa shape index (κ1) is 13.9. The van der Waals surface area contributed by atoms with Gasteiger partial charge in [0.25, 0.3) is 0 Å². The average Bonchev–Trinajstić information content (AvgIpc) is 3.27. The summed E-state index contributed by atoms with van der Waals surface area (Å²) in [6, 6.07) is 1.68. The zero-order chi connectivity index (χ0) is 13.1. The molecular formula is C17H32N2. The number of hydrogen-bond acceptors (Lipinski definition) is 2. The first-order valence-electron chi connectivity index (χ1n) is 8.86. The summed E-state index contributed by atoms with van der Waals surface area (Å²) in [6.45, 7) is 6.34. The SMILES string of the molecule is CCC(C1CCCCC1)N1CCCNC(C2CC2)C1. The third kappa shape index (κ3) is 3.52. The first-order chi connectivity index (χ1) is 9.38. The van der Waals surface area contributed by atoms with Crippen molar-refractivity contribution in [1.82, 2.24) is 10.2 Å². The van der Waals surface area contributed by atoms with Crippen molar-refractivity contribution in [2.24, 2.45) is 11.8 Å². The van der Waals surface area contributed by atoms with Gasteiger partial charge in [-0.3, -0.25) is 4.90 Å². The van der Waals surface area contributed by atoms with Crippen molar-refractivity contribution >= 4 is 0 Å². The number of nitrogens with one attached hydrogen (secondary N) is 1. The van der Waals surface area contributed by atoms with Gasteiger partial charge in [0.1, 0.15) is 0 Å². The van der Waals surface area contributed by atoms with Gasteiger partial charge in [0.2, 0.25) is 0 Å². The molecule has 1 heterocycles. The minimum Gasteiger partial charge on any atom is -0.312 e. The van der Waals surface area contributed by atoms with E-state index in [1.165, 1.54) is 77.4 Å². The summed E-state index contributed by atoms with van der Waals surface area (Å²) >= 11 is 0. The Labute approximate surface area is 119 Å². The van der Waals surface area contributed by atoms with Crippen LogP contribution in [0.25, 0.3) is 0 Å². The summed E-state index contributed by atoms with van der Waals surface area (Å²) in [5.41, 5.74) is 0. The molecule has 0 radical (unpaired) electrons. The maximum Gasteiger partial charge on any atom is 0.0223 e. The Kier molecular flexibility index (Phi) is 4.81. The maximum absolute atomic E-state index is 3.81. The minimum atomic E-state index is 0.806. The van der Waals surface area contributed by atoms with E-state index in [9.17, 15) is 0 Å². The van der Waals surface area contributed by atoms with E-state index in [1.807, 2.05) is 0 Å². The quantitative estimate of drug-likeness (QED) is 0.837. The maximum atomic E-state index is 3.81. The lowest BCUT2D eigenvalue weighted by molar-refractivity contribution is 0.108. The summed E-state index contributed by atoms with van der Waals surface area (Å²) in [6.07, 6.45) is 13.1. The number of hydrogen-bond donors (Lipinski definition) is 1. The van der Waals surface area contributed by atoms with Crippen molar-refractivity contribution in [1.29, 1.82) is 0 Å². The fourth-order valence-corrected chi connectivity index (χ4v) is 4.50.